The number of hydrogen-bond acceptors (Lipinski definition) is 6. The van der Waals surface area contributed by atoms with Crippen LogP contribution in [0.2, 0.25) is 0 Å². The quantitative estimate of drug-likeness (QED) is 0.794. The lowest BCUT2D eigenvalue weighted by Gasteiger charge is -2.27. The molecule has 23 heavy (non-hydrogen) atoms. The SMILES string of the molecule is CO[C@H]1C[C@@H](CNC(=O)C(C)(C)CO)N(c2cc(C)ncn2)C1. The largest absolute Gasteiger partial charge is 0.395 e. The number of hydrogen-bond donors (Lipinski definition) is 2. The molecule has 0 unspecified atom stereocenters. The van der Waals surface area contributed by atoms with Crippen LogP contribution in [0, 0.1) is 12.3 Å². The first-order chi connectivity index (χ1) is 10.9. The van der Waals surface area contributed by atoms with Gasteiger partial charge in [0.05, 0.1) is 24.2 Å². The van der Waals surface area contributed by atoms with Crippen LogP contribution in [0.15, 0.2) is 12.4 Å². The minimum Gasteiger partial charge on any atom is -0.395 e. The Morgan fingerprint density at radius 3 is 2.87 bits per heavy atom. The lowest BCUT2D eigenvalue weighted by atomic mass is 9.93. The fraction of sp³-hybridized carbons (Fsp3) is 0.688. The first-order valence-electron chi connectivity index (χ1n) is 7.84. The Labute approximate surface area is 137 Å². The van der Waals surface area contributed by atoms with E-state index in [4.69, 9.17) is 4.74 Å². The van der Waals surface area contributed by atoms with E-state index in [0.29, 0.717) is 6.54 Å². The van der Waals surface area contributed by atoms with Crippen molar-refractivity contribution in [2.24, 2.45) is 5.41 Å². The fourth-order valence-corrected chi connectivity index (χ4v) is 2.64. The zero-order valence-corrected chi connectivity index (χ0v) is 14.2. The molecule has 2 rings (SSSR count). The van der Waals surface area contributed by atoms with E-state index in [1.165, 1.54) is 0 Å². The third kappa shape index (κ3) is 4.17. The highest BCUT2D eigenvalue weighted by atomic mass is 16.5. The van der Waals surface area contributed by atoms with Crippen molar-refractivity contribution in [1.82, 2.24) is 15.3 Å². The van der Waals surface area contributed by atoms with E-state index in [1.54, 1.807) is 27.3 Å². The van der Waals surface area contributed by atoms with Crippen molar-refractivity contribution < 1.29 is 14.6 Å². The maximum absolute atomic E-state index is 12.2. The summed E-state index contributed by atoms with van der Waals surface area (Å²) in [6.07, 6.45) is 2.48. The predicted molar refractivity (Wildman–Crippen MR) is 87.2 cm³/mol. The lowest BCUT2D eigenvalue weighted by Crippen LogP contribution is -2.45. The highest BCUT2D eigenvalue weighted by molar-refractivity contribution is 5.82. The molecule has 1 amide bonds. The molecular weight excluding hydrogens is 296 g/mol. The highest BCUT2D eigenvalue weighted by Gasteiger charge is 2.34. The predicted octanol–water partition coefficient (Wildman–Crippen LogP) is 0.513. The van der Waals surface area contributed by atoms with E-state index in [9.17, 15) is 9.90 Å². The van der Waals surface area contributed by atoms with Crippen LogP contribution in [0.25, 0.3) is 0 Å². The van der Waals surface area contributed by atoms with Crippen LogP contribution in [-0.4, -0.2) is 59.9 Å². The normalized spacial score (nSPS) is 21.5. The van der Waals surface area contributed by atoms with Gasteiger partial charge in [0, 0.05) is 32.0 Å². The molecule has 0 radical (unpaired) electrons. The number of methoxy groups -OCH3 is 1. The van der Waals surface area contributed by atoms with Crippen molar-refractivity contribution in [3.05, 3.63) is 18.1 Å². The van der Waals surface area contributed by atoms with Crippen molar-refractivity contribution >= 4 is 11.7 Å². The smallest absolute Gasteiger partial charge is 0.228 e. The van der Waals surface area contributed by atoms with Crippen molar-refractivity contribution in [1.29, 1.82) is 0 Å². The zero-order valence-electron chi connectivity index (χ0n) is 14.2. The summed E-state index contributed by atoms with van der Waals surface area (Å²) in [6.45, 7) is 6.41. The summed E-state index contributed by atoms with van der Waals surface area (Å²) in [4.78, 5) is 22.8. The van der Waals surface area contributed by atoms with Gasteiger partial charge in [-0.15, -0.1) is 0 Å². The molecule has 0 aliphatic carbocycles. The number of anilines is 1. The maximum Gasteiger partial charge on any atom is 0.228 e. The summed E-state index contributed by atoms with van der Waals surface area (Å²) < 4.78 is 5.48. The number of ether oxygens (including phenoxy) is 1. The Balaban J connectivity index is 2.07. The van der Waals surface area contributed by atoms with Gasteiger partial charge in [-0.2, -0.15) is 0 Å². The molecule has 1 fully saturated rings. The Kier molecular flexibility index (Phi) is 5.54. The van der Waals surface area contributed by atoms with Crippen LogP contribution in [0.5, 0.6) is 0 Å². The average molecular weight is 322 g/mol. The van der Waals surface area contributed by atoms with Gasteiger partial charge >= 0.3 is 0 Å². The number of aryl methyl sites for hydroxylation is 1. The second-order valence-electron chi connectivity index (χ2n) is 6.67. The third-order valence-corrected chi connectivity index (χ3v) is 4.30. The van der Waals surface area contributed by atoms with Gasteiger partial charge in [0.1, 0.15) is 12.1 Å². The van der Waals surface area contributed by atoms with Crippen LogP contribution < -0.4 is 10.2 Å². The van der Waals surface area contributed by atoms with E-state index in [0.717, 1.165) is 24.5 Å². The fourth-order valence-electron chi connectivity index (χ4n) is 2.64. The summed E-state index contributed by atoms with van der Waals surface area (Å²) in [5.74, 6) is 0.692. The molecule has 7 nitrogen and oxygen atoms in total. The van der Waals surface area contributed by atoms with Gasteiger partial charge in [0.25, 0.3) is 0 Å². The van der Waals surface area contributed by atoms with Crippen LogP contribution in [-0.2, 0) is 9.53 Å². The Morgan fingerprint density at radius 1 is 1.52 bits per heavy atom. The Morgan fingerprint density at radius 2 is 2.26 bits per heavy atom. The minimum atomic E-state index is -0.782. The van der Waals surface area contributed by atoms with Gasteiger partial charge < -0.3 is 20.1 Å². The van der Waals surface area contributed by atoms with Crippen molar-refractivity contribution in [2.45, 2.75) is 39.3 Å². The standard InChI is InChI=1S/C16H26N4O3/c1-11-5-14(19-10-18-11)20-8-13(23-4)6-12(20)7-17-15(22)16(2,3)9-21/h5,10,12-13,21H,6-9H2,1-4H3,(H,17,22)/t12-,13-/m0/s1. The van der Waals surface area contributed by atoms with Crippen molar-refractivity contribution in [3.8, 4) is 0 Å². The molecule has 1 aliphatic heterocycles. The van der Waals surface area contributed by atoms with Gasteiger partial charge in [-0.1, -0.05) is 0 Å². The molecule has 2 heterocycles. The molecule has 1 aromatic heterocycles. The number of rotatable bonds is 6. The van der Waals surface area contributed by atoms with Crippen LogP contribution in [0.3, 0.4) is 0 Å². The number of aromatic nitrogens is 2. The number of carbonyl (C=O) groups is 1. The van der Waals surface area contributed by atoms with Crippen LogP contribution in [0.1, 0.15) is 26.0 Å². The second kappa shape index (κ2) is 7.23. The van der Waals surface area contributed by atoms with Gasteiger partial charge in [-0.3, -0.25) is 4.79 Å². The number of aliphatic hydroxyl groups is 1. The van der Waals surface area contributed by atoms with Crippen molar-refractivity contribution in [2.75, 3.05) is 31.7 Å². The van der Waals surface area contributed by atoms with Gasteiger partial charge in [-0.05, 0) is 27.2 Å². The third-order valence-electron chi connectivity index (χ3n) is 4.30. The average Bonchev–Trinajstić information content (AvgIpc) is 2.95. The Bertz CT molecular complexity index is 550. The highest BCUT2D eigenvalue weighted by Crippen LogP contribution is 2.25. The number of nitrogens with zero attached hydrogens (tertiary/aromatic N) is 3. The molecule has 2 atom stereocenters. The summed E-state index contributed by atoms with van der Waals surface area (Å²) in [7, 11) is 1.70. The summed E-state index contributed by atoms with van der Waals surface area (Å²) in [6, 6.07) is 2.04. The van der Waals surface area contributed by atoms with E-state index in [-0.39, 0.29) is 24.7 Å². The number of carbonyl (C=O) groups excluding carboxylic acids is 1. The zero-order chi connectivity index (χ0) is 17.0. The number of nitrogens with one attached hydrogen (secondary N) is 1. The first-order valence-corrected chi connectivity index (χ1v) is 7.84. The topological polar surface area (TPSA) is 87.6 Å². The number of amides is 1. The monoisotopic (exact) mass is 322 g/mol. The molecule has 0 saturated carbocycles. The molecule has 7 heteroatoms. The summed E-state index contributed by atoms with van der Waals surface area (Å²) >= 11 is 0. The molecule has 2 N–H and O–H groups in total. The molecule has 0 bridgehead atoms. The summed E-state index contributed by atoms with van der Waals surface area (Å²) in [5.41, 5.74) is 0.121. The van der Waals surface area contributed by atoms with Crippen LogP contribution >= 0.6 is 0 Å². The maximum atomic E-state index is 12.2. The van der Waals surface area contributed by atoms with E-state index in [2.05, 4.69) is 20.2 Å². The molecule has 1 aliphatic rings. The van der Waals surface area contributed by atoms with Gasteiger partial charge in [-0.25, -0.2) is 9.97 Å². The lowest BCUT2D eigenvalue weighted by molar-refractivity contribution is -0.131. The van der Waals surface area contributed by atoms with E-state index in [1.807, 2.05) is 13.0 Å². The van der Waals surface area contributed by atoms with E-state index < -0.39 is 5.41 Å². The van der Waals surface area contributed by atoms with Gasteiger partial charge in [0.2, 0.25) is 5.91 Å². The molecule has 0 spiro atoms. The van der Waals surface area contributed by atoms with Crippen LogP contribution in [0.4, 0.5) is 5.82 Å². The number of aliphatic hydroxyl groups excluding tert-OH is 1. The molecule has 1 aromatic rings. The minimum absolute atomic E-state index is 0.104. The molecule has 1 saturated heterocycles. The first kappa shape index (κ1) is 17.6. The molecule has 0 aromatic carbocycles. The van der Waals surface area contributed by atoms with Gasteiger partial charge in [0.15, 0.2) is 0 Å². The van der Waals surface area contributed by atoms with E-state index >= 15 is 0 Å². The molecular formula is C16H26N4O3. The second-order valence-corrected chi connectivity index (χ2v) is 6.67. The molecule has 128 valence electrons. The van der Waals surface area contributed by atoms with Crippen molar-refractivity contribution in [3.63, 3.8) is 0 Å². The Hall–Kier alpha value is -1.73. The summed E-state index contributed by atoms with van der Waals surface area (Å²) in [5, 5.41) is 12.2.